The van der Waals surface area contributed by atoms with Crippen LogP contribution in [-0.4, -0.2) is 32.8 Å². The van der Waals surface area contributed by atoms with E-state index in [-0.39, 0.29) is 12.5 Å². The van der Waals surface area contributed by atoms with Gasteiger partial charge in [-0.1, -0.05) is 37.8 Å². The minimum atomic E-state index is -0.695. The van der Waals surface area contributed by atoms with Crippen molar-refractivity contribution in [3.63, 3.8) is 0 Å². The molecule has 0 radical (unpaired) electrons. The van der Waals surface area contributed by atoms with Crippen molar-refractivity contribution in [2.24, 2.45) is 17.8 Å². The normalized spacial score (nSPS) is 32.7. The van der Waals surface area contributed by atoms with Crippen molar-refractivity contribution in [1.29, 1.82) is 0 Å². The average Bonchev–Trinajstić information content (AvgIpc) is 3.33. The van der Waals surface area contributed by atoms with E-state index >= 15 is 0 Å². The lowest BCUT2D eigenvalue weighted by Crippen LogP contribution is -2.28. The summed E-state index contributed by atoms with van der Waals surface area (Å²) in [6.07, 6.45) is 18.8. The van der Waals surface area contributed by atoms with Crippen molar-refractivity contribution in [3.8, 4) is 0 Å². The average molecular weight is 381 g/mol. The molecule has 0 aromatic rings. The number of aliphatic hydroxyl groups excluding tert-OH is 1. The predicted molar refractivity (Wildman–Crippen MR) is 108 cm³/mol. The lowest BCUT2D eigenvalue weighted by atomic mass is 9.74. The lowest BCUT2D eigenvalue weighted by molar-refractivity contribution is -0.137. The first-order valence-corrected chi connectivity index (χ1v) is 11.8. The fraction of sp³-hybridized carbons (Fsp3) is 0.864. The van der Waals surface area contributed by atoms with Crippen LogP contribution in [0.3, 0.4) is 0 Å². The maximum atomic E-state index is 10.6. The van der Waals surface area contributed by atoms with E-state index in [4.69, 9.17) is 5.11 Å². The summed E-state index contributed by atoms with van der Waals surface area (Å²) in [7, 11) is 0. The first-order valence-electron chi connectivity index (χ1n) is 10.8. The number of thioether (sulfide) groups is 1. The van der Waals surface area contributed by atoms with Gasteiger partial charge in [-0.25, -0.2) is 0 Å². The van der Waals surface area contributed by atoms with Crippen LogP contribution in [0.2, 0.25) is 0 Å². The molecule has 0 aromatic heterocycles. The Balaban J connectivity index is 1.40. The highest BCUT2D eigenvalue weighted by molar-refractivity contribution is 8.01. The zero-order valence-electron chi connectivity index (χ0n) is 16.0. The van der Waals surface area contributed by atoms with Gasteiger partial charge in [0.2, 0.25) is 0 Å². The fourth-order valence-corrected chi connectivity index (χ4v) is 7.52. The first-order chi connectivity index (χ1) is 12.6. The van der Waals surface area contributed by atoms with Gasteiger partial charge < -0.3 is 10.2 Å². The summed E-state index contributed by atoms with van der Waals surface area (Å²) < 4.78 is 0. The molecule has 2 saturated heterocycles. The molecule has 26 heavy (non-hydrogen) atoms. The van der Waals surface area contributed by atoms with E-state index in [0.29, 0.717) is 0 Å². The molecule has 3 fully saturated rings. The summed E-state index contributed by atoms with van der Waals surface area (Å²) in [5.41, 5.74) is 0. The maximum Gasteiger partial charge on any atom is 0.303 e. The van der Waals surface area contributed by atoms with Crippen molar-refractivity contribution in [2.45, 2.75) is 100 Å². The molecule has 1 saturated carbocycles. The maximum absolute atomic E-state index is 10.6. The molecule has 4 heteroatoms. The number of carboxylic acids is 1. The monoisotopic (exact) mass is 380 g/mol. The van der Waals surface area contributed by atoms with E-state index in [1.807, 2.05) is 0 Å². The second kappa shape index (κ2) is 10.2. The summed E-state index contributed by atoms with van der Waals surface area (Å²) >= 11 is 2.21. The largest absolute Gasteiger partial charge is 0.481 e. The predicted octanol–water partition coefficient (Wildman–Crippen LogP) is 5.42. The van der Waals surface area contributed by atoms with Gasteiger partial charge in [0.05, 0.1) is 6.10 Å². The van der Waals surface area contributed by atoms with Crippen LogP contribution < -0.4 is 0 Å². The van der Waals surface area contributed by atoms with Gasteiger partial charge in [-0.05, 0) is 69.1 Å². The SMILES string of the molecule is O=C(O)CCC/C=C\C[C@H]1[C@@H](CCC(O)CC2CCCC2)[C@H]2CC[C@@H]1S2. The number of rotatable bonds is 11. The van der Waals surface area contributed by atoms with Crippen LogP contribution >= 0.6 is 11.8 Å². The van der Waals surface area contributed by atoms with Crippen molar-refractivity contribution in [2.75, 3.05) is 0 Å². The van der Waals surface area contributed by atoms with Gasteiger partial charge in [0.25, 0.3) is 0 Å². The third kappa shape index (κ3) is 5.76. The Hall–Kier alpha value is -0.480. The molecule has 0 spiro atoms. The van der Waals surface area contributed by atoms with Crippen LogP contribution in [0.5, 0.6) is 0 Å². The van der Waals surface area contributed by atoms with Crippen LogP contribution in [0, 0.1) is 17.8 Å². The van der Waals surface area contributed by atoms with Crippen LogP contribution in [-0.2, 0) is 4.79 Å². The summed E-state index contributed by atoms with van der Waals surface area (Å²) in [5.74, 6) is 1.64. The van der Waals surface area contributed by atoms with Gasteiger partial charge in [0.15, 0.2) is 0 Å². The van der Waals surface area contributed by atoms with Gasteiger partial charge in [-0.15, -0.1) is 0 Å². The van der Waals surface area contributed by atoms with Gasteiger partial charge in [0, 0.05) is 16.9 Å². The molecular formula is C22H36O3S. The molecule has 3 nitrogen and oxygen atoms in total. The molecule has 0 amide bonds. The van der Waals surface area contributed by atoms with Gasteiger partial charge >= 0.3 is 5.97 Å². The topological polar surface area (TPSA) is 57.5 Å². The van der Waals surface area contributed by atoms with Crippen molar-refractivity contribution in [1.82, 2.24) is 0 Å². The summed E-state index contributed by atoms with van der Waals surface area (Å²) in [6, 6.07) is 0. The Kier molecular flexibility index (Phi) is 7.92. The number of hydrogen-bond donors (Lipinski definition) is 2. The minimum Gasteiger partial charge on any atom is -0.481 e. The Morgan fingerprint density at radius 3 is 2.54 bits per heavy atom. The van der Waals surface area contributed by atoms with E-state index in [0.717, 1.165) is 60.4 Å². The molecule has 2 heterocycles. The number of aliphatic hydroxyl groups is 1. The van der Waals surface area contributed by atoms with Gasteiger partial charge in [0.1, 0.15) is 0 Å². The van der Waals surface area contributed by atoms with Crippen molar-refractivity contribution >= 4 is 17.7 Å². The summed E-state index contributed by atoms with van der Waals surface area (Å²) in [6.45, 7) is 0. The van der Waals surface area contributed by atoms with Crippen molar-refractivity contribution < 1.29 is 15.0 Å². The second-order valence-corrected chi connectivity index (χ2v) is 10.2. The Morgan fingerprint density at radius 2 is 1.81 bits per heavy atom. The van der Waals surface area contributed by atoms with Crippen LogP contribution in [0.1, 0.15) is 83.5 Å². The number of fused-ring (bicyclic) bond motifs is 2. The molecule has 2 N–H and O–H groups in total. The molecule has 1 unspecified atom stereocenters. The van der Waals surface area contributed by atoms with E-state index in [1.165, 1.54) is 44.9 Å². The summed E-state index contributed by atoms with van der Waals surface area (Å²) in [4.78, 5) is 10.6. The Bertz CT molecular complexity index is 472. The van der Waals surface area contributed by atoms with E-state index in [1.54, 1.807) is 0 Å². The van der Waals surface area contributed by atoms with Crippen molar-refractivity contribution in [3.05, 3.63) is 12.2 Å². The molecular weight excluding hydrogens is 344 g/mol. The van der Waals surface area contributed by atoms with Gasteiger partial charge in [-0.2, -0.15) is 11.8 Å². The highest BCUT2D eigenvalue weighted by Crippen LogP contribution is 2.55. The molecule has 2 aliphatic heterocycles. The van der Waals surface area contributed by atoms with Crippen LogP contribution in [0.25, 0.3) is 0 Å². The Labute approximate surface area is 163 Å². The Morgan fingerprint density at radius 1 is 1.08 bits per heavy atom. The number of aliphatic carboxylic acids is 1. The fourth-order valence-electron chi connectivity index (χ4n) is 5.47. The van der Waals surface area contributed by atoms with Gasteiger partial charge in [-0.3, -0.25) is 4.79 Å². The molecule has 5 atom stereocenters. The molecule has 2 bridgehead atoms. The number of unbranched alkanes of at least 4 members (excludes halogenated alkanes) is 1. The number of carboxylic acid groups (broad SMARTS) is 1. The van der Waals surface area contributed by atoms with E-state index in [2.05, 4.69) is 23.9 Å². The number of allylic oxidation sites excluding steroid dienone is 2. The zero-order valence-corrected chi connectivity index (χ0v) is 16.8. The van der Waals surface area contributed by atoms with Crippen LogP contribution in [0.15, 0.2) is 12.2 Å². The highest BCUT2D eigenvalue weighted by atomic mass is 32.2. The molecule has 0 aromatic carbocycles. The zero-order chi connectivity index (χ0) is 18.4. The lowest BCUT2D eigenvalue weighted by Gasteiger charge is -2.30. The number of hydrogen-bond acceptors (Lipinski definition) is 3. The molecule has 1 aliphatic carbocycles. The minimum absolute atomic E-state index is 0.0885. The molecule has 148 valence electrons. The third-order valence-corrected chi connectivity index (χ3v) is 8.71. The van der Waals surface area contributed by atoms with E-state index in [9.17, 15) is 9.90 Å². The third-order valence-electron chi connectivity index (χ3n) is 6.84. The van der Waals surface area contributed by atoms with E-state index < -0.39 is 5.97 Å². The highest BCUT2D eigenvalue weighted by Gasteiger charge is 2.47. The quantitative estimate of drug-likeness (QED) is 0.371. The molecule has 3 aliphatic rings. The standard InChI is InChI=1S/C22H36O3S/c23-17(15-16-7-5-6-8-16)11-12-19-18(20-13-14-21(19)26-20)9-3-1-2-4-10-22(24)25/h1,3,16-21,23H,2,4-15H2,(H,24,25)/b3-1-/t17?,18-,19+,20-,21+/m0/s1. The summed E-state index contributed by atoms with van der Waals surface area (Å²) in [5, 5.41) is 20.8. The first kappa shape index (κ1) is 20.3. The van der Waals surface area contributed by atoms with Crippen LogP contribution in [0.4, 0.5) is 0 Å². The second-order valence-electron chi connectivity index (χ2n) is 8.73. The molecule has 3 rings (SSSR count). The number of carbonyl (C=O) groups is 1. The smallest absolute Gasteiger partial charge is 0.303 e.